The molecule has 3 fully saturated rings. The van der Waals surface area contributed by atoms with Crippen LogP contribution in [-0.4, -0.2) is 55.5 Å². The minimum Gasteiger partial charge on any atom is -0.308 e. The highest BCUT2D eigenvalue weighted by Crippen LogP contribution is 2.45. The summed E-state index contributed by atoms with van der Waals surface area (Å²) in [6, 6.07) is 0. The van der Waals surface area contributed by atoms with E-state index in [1.165, 1.54) is 38.5 Å². The van der Waals surface area contributed by atoms with Crippen LogP contribution in [0.2, 0.25) is 0 Å². The van der Waals surface area contributed by atoms with Crippen LogP contribution >= 0.6 is 0 Å². The zero-order valence-electron chi connectivity index (χ0n) is 13.5. The summed E-state index contributed by atoms with van der Waals surface area (Å²) in [5.74, 6) is 1.39. The third-order valence-electron chi connectivity index (χ3n) is 6.14. The lowest BCUT2D eigenvalue weighted by atomic mass is 9.84. The van der Waals surface area contributed by atoms with Crippen LogP contribution in [-0.2, 0) is 9.84 Å². The molecule has 122 valence electrons. The predicted molar refractivity (Wildman–Crippen MR) is 86.2 cm³/mol. The van der Waals surface area contributed by atoms with Gasteiger partial charge in [0.15, 0.2) is 9.84 Å². The van der Waals surface area contributed by atoms with Crippen molar-refractivity contribution in [3.05, 3.63) is 0 Å². The van der Waals surface area contributed by atoms with Crippen LogP contribution in [0.15, 0.2) is 0 Å². The van der Waals surface area contributed by atoms with Crippen molar-refractivity contribution in [1.29, 1.82) is 0 Å². The van der Waals surface area contributed by atoms with Gasteiger partial charge in [0.25, 0.3) is 0 Å². The van der Waals surface area contributed by atoms with Gasteiger partial charge in [-0.1, -0.05) is 19.8 Å². The van der Waals surface area contributed by atoms with Gasteiger partial charge in [-0.05, 0) is 38.5 Å². The van der Waals surface area contributed by atoms with E-state index in [1.54, 1.807) is 6.92 Å². The van der Waals surface area contributed by atoms with Crippen LogP contribution in [0.4, 0.5) is 0 Å². The molecule has 1 spiro atoms. The van der Waals surface area contributed by atoms with E-state index in [-0.39, 0.29) is 16.8 Å². The van der Waals surface area contributed by atoms with Gasteiger partial charge in [-0.3, -0.25) is 4.90 Å². The van der Waals surface area contributed by atoms with E-state index in [1.807, 2.05) is 0 Å². The monoisotopic (exact) mass is 314 g/mol. The molecule has 2 saturated carbocycles. The third-order valence-corrected chi connectivity index (χ3v) is 7.82. The van der Waals surface area contributed by atoms with Gasteiger partial charge in [-0.2, -0.15) is 0 Å². The van der Waals surface area contributed by atoms with Gasteiger partial charge in [0, 0.05) is 36.5 Å². The fourth-order valence-corrected chi connectivity index (χ4v) is 5.12. The molecule has 0 radical (unpaired) electrons. The second-order valence-electron chi connectivity index (χ2n) is 7.63. The molecule has 0 aromatic heterocycles. The van der Waals surface area contributed by atoms with Gasteiger partial charge in [0.05, 0.1) is 5.75 Å². The van der Waals surface area contributed by atoms with Crippen LogP contribution in [0.25, 0.3) is 0 Å². The molecule has 2 aliphatic carbocycles. The summed E-state index contributed by atoms with van der Waals surface area (Å²) in [5, 5.41) is 3.84. The first-order valence-corrected chi connectivity index (χ1v) is 10.4. The molecule has 1 saturated heterocycles. The van der Waals surface area contributed by atoms with Crippen LogP contribution in [0, 0.1) is 5.92 Å². The summed E-state index contributed by atoms with van der Waals surface area (Å²) in [6.45, 7) is 6.89. The van der Waals surface area contributed by atoms with E-state index in [2.05, 4.69) is 17.1 Å². The number of nitrogens with one attached hydrogen (secondary N) is 1. The molecule has 21 heavy (non-hydrogen) atoms. The maximum Gasteiger partial charge on any atom is 0.151 e. The smallest absolute Gasteiger partial charge is 0.151 e. The Balaban J connectivity index is 1.73. The fourth-order valence-electron chi connectivity index (χ4n) is 4.33. The van der Waals surface area contributed by atoms with E-state index < -0.39 is 9.84 Å². The molecule has 1 aliphatic heterocycles. The summed E-state index contributed by atoms with van der Waals surface area (Å²) >= 11 is 0. The molecule has 1 atom stereocenters. The molecular formula is C16H30N2O2S. The average Bonchev–Trinajstić information content (AvgIpc) is 3.22. The van der Waals surface area contributed by atoms with Crippen LogP contribution < -0.4 is 5.32 Å². The Morgan fingerprint density at radius 1 is 1.24 bits per heavy atom. The highest BCUT2D eigenvalue weighted by molar-refractivity contribution is 7.91. The largest absolute Gasteiger partial charge is 0.308 e. The first-order valence-electron chi connectivity index (χ1n) is 8.60. The topological polar surface area (TPSA) is 49.4 Å². The Morgan fingerprint density at radius 2 is 1.90 bits per heavy atom. The summed E-state index contributed by atoms with van der Waals surface area (Å²) in [5.41, 5.74) is 0.432. The number of hydrogen-bond donors (Lipinski definition) is 1. The molecule has 1 N–H and O–H groups in total. The minimum atomic E-state index is -2.87. The molecule has 1 unspecified atom stereocenters. The van der Waals surface area contributed by atoms with Crippen LogP contribution in [0.5, 0.6) is 0 Å². The van der Waals surface area contributed by atoms with Crippen molar-refractivity contribution in [2.45, 2.75) is 63.5 Å². The Bertz CT molecular complexity index is 481. The van der Waals surface area contributed by atoms with Crippen molar-refractivity contribution >= 4 is 9.84 Å². The second-order valence-corrected chi connectivity index (χ2v) is 10.1. The Kier molecular flexibility index (Phi) is 4.13. The minimum absolute atomic E-state index is 0.198. The molecule has 3 aliphatic rings. The number of hydrogen-bond acceptors (Lipinski definition) is 4. The third kappa shape index (κ3) is 3.15. The maximum atomic E-state index is 11.9. The van der Waals surface area contributed by atoms with Crippen molar-refractivity contribution in [2.75, 3.05) is 31.1 Å². The standard InChI is InChI=1S/C16H30N2O2S/c1-3-21(19,20)11-10-18-13-15(2,14-6-7-14)17-12-16(18)8-4-5-9-16/h14,17H,3-13H2,1-2H3. The van der Waals surface area contributed by atoms with Crippen molar-refractivity contribution in [2.24, 2.45) is 5.92 Å². The SMILES string of the molecule is CCS(=O)(=O)CCN1CC(C)(C2CC2)NCC12CCCC2. The number of nitrogens with zero attached hydrogens (tertiary/aromatic N) is 1. The average molecular weight is 314 g/mol. The van der Waals surface area contributed by atoms with Crippen LogP contribution in [0.3, 0.4) is 0 Å². The van der Waals surface area contributed by atoms with Crippen LogP contribution in [0.1, 0.15) is 52.4 Å². The van der Waals surface area contributed by atoms with E-state index in [0.29, 0.717) is 5.75 Å². The zero-order valence-corrected chi connectivity index (χ0v) is 14.3. The summed E-state index contributed by atoms with van der Waals surface area (Å²) in [7, 11) is -2.87. The lowest BCUT2D eigenvalue weighted by Gasteiger charge is -2.53. The Hall–Kier alpha value is -0.130. The van der Waals surface area contributed by atoms with E-state index in [9.17, 15) is 8.42 Å². The van der Waals surface area contributed by atoms with E-state index in [4.69, 9.17) is 0 Å². The second kappa shape index (κ2) is 5.50. The van der Waals surface area contributed by atoms with E-state index >= 15 is 0 Å². The molecular weight excluding hydrogens is 284 g/mol. The highest BCUT2D eigenvalue weighted by atomic mass is 32.2. The van der Waals surface area contributed by atoms with Crippen molar-refractivity contribution in [1.82, 2.24) is 10.2 Å². The number of sulfone groups is 1. The van der Waals surface area contributed by atoms with Crippen molar-refractivity contribution < 1.29 is 8.42 Å². The van der Waals surface area contributed by atoms with Crippen molar-refractivity contribution in [3.63, 3.8) is 0 Å². The predicted octanol–water partition coefficient (Wildman–Crippen LogP) is 1.81. The molecule has 0 bridgehead atoms. The first-order chi connectivity index (χ1) is 9.89. The first kappa shape index (κ1) is 15.8. The Morgan fingerprint density at radius 3 is 2.48 bits per heavy atom. The van der Waals surface area contributed by atoms with Gasteiger partial charge in [0.2, 0.25) is 0 Å². The molecule has 5 heteroatoms. The van der Waals surface area contributed by atoms with Gasteiger partial charge in [-0.25, -0.2) is 8.42 Å². The summed E-state index contributed by atoms with van der Waals surface area (Å²) in [6.07, 6.45) is 7.70. The molecule has 4 nitrogen and oxygen atoms in total. The van der Waals surface area contributed by atoms with Gasteiger partial charge < -0.3 is 5.32 Å². The Labute approximate surface area is 129 Å². The maximum absolute atomic E-state index is 11.9. The molecule has 0 aromatic carbocycles. The quantitative estimate of drug-likeness (QED) is 0.841. The van der Waals surface area contributed by atoms with Crippen molar-refractivity contribution in [3.8, 4) is 0 Å². The van der Waals surface area contributed by atoms with E-state index in [0.717, 1.165) is 25.6 Å². The highest BCUT2D eigenvalue weighted by Gasteiger charge is 2.51. The lowest BCUT2D eigenvalue weighted by molar-refractivity contribution is 0.0105. The molecule has 0 aromatic rings. The zero-order chi connectivity index (χ0) is 15.1. The molecule has 3 rings (SSSR count). The summed E-state index contributed by atoms with van der Waals surface area (Å²) in [4.78, 5) is 2.54. The lowest BCUT2D eigenvalue weighted by Crippen LogP contribution is -2.69. The number of rotatable bonds is 5. The fraction of sp³-hybridized carbons (Fsp3) is 1.00. The van der Waals surface area contributed by atoms with Gasteiger partial charge in [-0.15, -0.1) is 0 Å². The number of piperazine rings is 1. The van der Waals surface area contributed by atoms with Gasteiger partial charge >= 0.3 is 0 Å². The molecule has 0 amide bonds. The molecule has 1 heterocycles. The van der Waals surface area contributed by atoms with Gasteiger partial charge in [0.1, 0.15) is 0 Å². The summed E-state index contributed by atoms with van der Waals surface area (Å²) < 4.78 is 23.8. The normalized spacial score (nSPS) is 33.6.